The molecule has 0 radical (unpaired) electrons. The van der Waals surface area contributed by atoms with Gasteiger partial charge >= 0.3 is 0 Å². The summed E-state index contributed by atoms with van der Waals surface area (Å²) >= 11 is 2.11. The minimum absolute atomic E-state index is 0.0168. The van der Waals surface area contributed by atoms with Gasteiger partial charge in [-0.1, -0.05) is 27.2 Å². The summed E-state index contributed by atoms with van der Waals surface area (Å²) in [7, 11) is 0. The van der Waals surface area contributed by atoms with E-state index in [1.165, 1.54) is 18.6 Å². The second-order valence-electron chi connectivity index (χ2n) is 5.81. The summed E-state index contributed by atoms with van der Waals surface area (Å²) in [6.07, 6.45) is 6.01. The van der Waals surface area contributed by atoms with Gasteiger partial charge in [0.25, 0.3) is 0 Å². The summed E-state index contributed by atoms with van der Waals surface area (Å²) in [6, 6.07) is 0. The average molecular weight is 259 g/mol. The lowest BCUT2D eigenvalue weighted by molar-refractivity contribution is 0.124. The Balaban J connectivity index is 2.44. The van der Waals surface area contributed by atoms with Gasteiger partial charge in [-0.05, 0) is 43.9 Å². The van der Waals surface area contributed by atoms with Crippen molar-refractivity contribution >= 4 is 11.8 Å². The molecule has 0 bridgehead atoms. The molecule has 102 valence electrons. The molecule has 0 spiro atoms. The number of nitrogens with one attached hydrogen (secondary N) is 1. The van der Waals surface area contributed by atoms with Crippen LogP contribution in [0.5, 0.6) is 0 Å². The van der Waals surface area contributed by atoms with Gasteiger partial charge in [-0.2, -0.15) is 11.8 Å². The molecule has 0 aromatic rings. The molecule has 1 fully saturated rings. The largest absolute Gasteiger partial charge is 0.394 e. The highest BCUT2D eigenvalue weighted by Crippen LogP contribution is 2.35. The van der Waals surface area contributed by atoms with Crippen LogP contribution < -0.4 is 5.32 Å². The fourth-order valence-electron chi connectivity index (χ4n) is 2.53. The Morgan fingerprint density at radius 1 is 1.47 bits per heavy atom. The van der Waals surface area contributed by atoms with Gasteiger partial charge in [0.05, 0.1) is 6.61 Å². The maximum absolute atomic E-state index is 9.69. The molecule has 1 aliphatic rings. The number of hydrogen-bond acceptors (Lipinski definition) is 3. The van der Waals surface area contributed by atoms with Gasteiger partial charge < -0.3 is 10.4 Å². The van der Waals surface area contributed by atoms with Crippen LogP contribution in [0, 0.1) is 5.92 Å². The van der Waals surface area contributed by atoms with Crippen molar-refractivity contribution in [2.45, 2.75) is 63.7 Å². The van der Waals surface area contributed by atoms with E-state index in [0.717, 1.165) is 37.0 Å². The van der Waals surface area contributed by atoms with Crippen LogP contribution in [0.2, 0.25) is 0 Å². The molecule has 0 heterocycles. The molecule has 2 N–H and O–H groups in total. The number of rotatable bonds is 7. The Bertz CT molecular complexity index is 210. The fraction of sp³-hybridized carbons (Fsp3) is 1.00. The van der Waals surface area contributed by atoms with Crippen molar-refractivity contribution in [3.05, 3.63) is 0 Å². The quantitative estimate of drug-likeness (QED) is 0.737. The van der Waals surface area contributed by atoms with Crippen molar-refractivity contribution in [3.63, 3.8) is 0 Å². The van der Waals surface area contributed by atoms with Gasteiger partial charge in [-0.25, -0.2) is 0 Å². The summed E-state index contributed by atoms with van der Waals surface area (Å²) < 4.78 is 0. The molecule has 0 aromatic heterocycles. The smallest absolute Gasteiger partial charge is 0.0613 e. The van der Waals surface area contributed by atoms with Crippen LogP contribution in [-0.4, -0.2) is 34.8 Å². The predicted octanol–water partition coefficient (Wildman–Crippen LogP) is 3.05. The van der Waals surface area contributed by atoms with Gasteiger partial charge in [-0.3, -0.25) is 0 Å². The first-order valence-electron chi connectivity index (χ1n) is 7.09. The first-order chi connectivity index (χ1) is 8.12. The predicted molar refractivity (Wildman–Crippen MR) is 77.7 cm³/mol. The van der Waals surface area contributed by atoms with Gasteiger partial charge in [0.15, 0.2) is 0 Å². The van der Waals surface area contributed by atoms with E-state index in [1.807, 2.05) is 0 Å². The number of aliphatic hydroxyl groups is 1. The van der Waals surface area contributed by atoms with Crippen molar-refractivity contribution in [1.82, 2.24) is 5.32 Å². The lowest BCUT2D eigenvalue weighted by atomic mass is 9.82. The lowest BCUT2D eigenvalue weighted by Gasteiger charge is -2.40. The Morgan fingerprint density at radius 3 is 2.82 bits per heavy atom. The topological polar surface area (TPSA) is 32.3 Å². The van der Waals surface area contributed by atoms with Crippen LogP contribution in [0.3, 0.4) is 0 Å². The fourth-order valence-corrected chi connectivity index (χ4v) is 3.96. The second-order valence-corrected chi connectivity index (χ2v) is 7.14. The third-order valence-corrected chi connectivity index (χ3v) is 5.25. The zero-order valence-electron chi connectivity index (χ0n) is 11.7. The molecule has 0 amide bonds. The van der Waals surface area contributed by atoms with Gasteiger partial charge in [0, 0.05) is 10.8 Å². The minimum atomic E-state index is 0.0168. The van der Waals surface area contributed by atoms with Crippen LogP contribution in [0.25, 0.3) is 0 Å². The monoisotopic (exact) mass is 259 g/mol. The van der Waals surface area contributed by atoms with E-state index in [9.17, 15) is 5.11 Å². The van der Waals surface area contributed by atoms with E-state index in [0.29, 0.717) is 6.61 Å². The summed E-state index contributed by atoms with van der Waals surface area (Å²) in [5.74, 6) is 2.02. The molecule has 0 aliphatic heterocycles. The average Bonchev–Trinajstić information content (AvgIpc) is 2.34. The van der Waals surface area contributed by atoms with Crippen LogP contribution in [0.1, 0.15) is 52.9 Å². The molecule has 17 heavy (non-hydrogen) atoms. The summed E-state index contributed by atoms with van der Waals surface area (Å²) in [5.41, 5.74) is 0.0168. The van der Waals surface area contributed by atoms with Crippen molar-refractivity contribution in [3.8, 4) is 0 Å². The van der Waals surface area contributed by atoms with Crippen molar-refractivity contribution in [2.24, 2.45) is 5.92 Å². The Labute approximate surface area is 111 Å². The highest BCUT2D eigenvalue weighted by molar-refractivity contribution is 7.99. The van der Waals surface area contributed by atoms with E-state index < -0.39 is 0 Å². The molecule has 1 rings (SSSR count). The third-order valence-electron chi connectivity index (χ3n) is 3.52. The second kappa shape index (κ2) is 7.65. The number of thioether (sulfide) groups is 1. The Hall–Kier alpha value is 0.270. The first-order valence-corrected chi connectivity index (χ1v) is 8.14. The summed E-state index contributed by atoms with van der Waals surface area (Å²) in [6.45, 7) is 8.08. The van der Waals surface area contributed by atoms with Crippen molar-refractivity contribution < 1.29 is 5.11 Å². The molecule has 1 saturated carbocycles. The lowest BCUT2D eigenvalue weighted by Crippen LogP contribution is -2.52. The molecular formula is C14H29NOS. The zero-order valence-corrected chi connectivity index (χ0v) is 12.5. The van der Waals surface area contributed by atoms with Gasteiger partial charge in [-0.15, -0.1) is 0 Å². The van der Waals surface area contributed by atoms with Crippen LogP contribution in [0.15, 0.2) is 0 Å². The maximum atomic E-state index is 9.69. The Morgan fingerprint density at radius 2 is 2.24 bits per heavy atom. The minimum Gasteiger partial charge on any atom is -0.394 e. The molecule has 2 nitrogen and oxygen atoms in total. The first kappa shape index (κ1) is 15.3. The van der Waals surface area contributed by atoms with Gasteiger partial charge in [0.2, 0.25) is 0 Å². The molecule has 0 saturated heterocycles. The zero-order chi connectivity index (χ0) is 12.7. The summed E-state index contributed by atoms with van der Waals surface area (Å²) in [5, 5.41) is 14.0. The molecule has 2 unspecified atom stereocenters. The maximum Gasteiger partial charge on any atom is 0.0613 e. The third kappa shape index (κ3) is 5.19. The van der Waals surface area contributed by atoms with E-state index in [2.05, 4.69) is 37.8 Å². The van der Waals surface area contributed by atoms with Crippen LogP contribution in [0.4, 0.5) is 0 Å². The number of aliphatic hydroxyl groups excluding tert-OH is 1. The van der Waals surface area contributed by atoms with Gasteiger partial charge in [0.1, 0.15) is 0 Å². The highest BCUT2D eigenvalue weighted by atomic mass is 32.2. The standard InChI is InChI=1S/C14H29NOS/c1-4-8-15-14(11-16)7-5-6-13(9-14)17-10-12(2)3/h12-13,15-16H,4-11H2,1-3H3. The summed E-state index contributed by atoms with van der Waals surface area (Å²) in [4.78, 5) is 0. The van der Waals surface area contributed by atoms with Crippen molar-refractivity contribution in [1.29, 1.82) is 0 Å². The SMILES string of the molecule is CCCNC1(CO)CCCC(SCC(C)C)C1. The van der Waals surface area contributed by atoms with Crippen LogP contribution in [-0.2, 0) is 0 Å². The normalized spacial score (nSPS) is 29.8. The van der Waals surface area contributed by atoms with E-state index in [4.69, 9.17) is 0 Å². The van der Waals surface area contributed by atoms with E-state index in [1.54, 1.807) is 0 Å². The number of hydrogen-bond donors (Lipinski definition) is 2. The molecule has 1 aliphatic carbocycles. The molecule has 3 heteroatoms. The Kier molecular flexibility index (Phi) is 6.90. The van der Waals surface area contributed by atoms with E-state index in [-0.39, 0.29) is 5.54 Å². The van der Waals surface area contributed by atoms with E-state index >= 15 is 0 Å². The van der Waals surface area contributed by atoms with Crippen LogP contribution >= 0.6 is 11.8 Å². The van der Waals surface area contributed by atoms with Crippen molar-refractivity contribution in [2.75, 3.05) is 18.9 Å². The molecular weight excluding hydrogens is 230 g/mol. The highest BCUT2D eigenvalue weighted by Gasteiger charge is 2.35. The molecule has 0 aromatic carbocycles. The molecule has 2 atom stereocenters.